The van der Waals surface area contributed by atoms with Crippen LogP contribution >= 0.6 is 0 Å². The van der Waals surface area contributed by atoms with Gasteiger partial charge < -0.3 is 15.5 Å². The van der Waals surface area contributed by atoms with Gasteiger partial charge in [-0.2, -0.15) is 0 Å². The van der Waals surface area contributed by atoms with E-state index in [0.29, 0.717) is 6.42 Å². The third kappa shape index (κ3) is 4.49. The average molecular weight is 322 g/mol. The molecule has 2 rings (SSSR count). The van der Waals surface area contributed by atoms with E-state index in [1.165, 1.54) is 18.2 Å². The summed E-state index contributed by atoms with van der Waals surface area (Å²) in [6.45, 7) is 0.192. The maximum Gasteiger partial charge on any atom is 0.253 e. The van der Waals surface area contributed by atoms with E-state index in [9.17, 15) is 24.6 Å². The Bertz CT molecular complexity index is 525. The Kier molecular flexibility index (Phi) is 5.68. The Morgan fingerprint density at radius 2 is 2.00 bits per heavy atom. The first-order chi connectivity index (χ1) is 10.9. The lowest BCUT2D eigenvalue weighted by Gasteiger charge is -2.32. The van der Waals surface area contributed by atoms with Crippen molar-refractivity contribution in [3.63, 3.8) is 0 Å². The van der Waals surface area contributed by atoms with Gasteiger partial charge in [-0.1, -0.05) is 18.6 Å². The molecule has 7 nitrogen and oxygen atoms in total. The van der Waals surface area contributed by atoms with Crippen molar-refractivity contribution in [3.05, 3.63) is 24.3 Å². The topological polar surface area (TPSA) is 107 Å². The van der Waals surface area contributed by atoms with Gasteiger partial charge in [-0.15, -0.1) is 0 Å². The molecular formula is C16H22N2O5. The molecule has 3 N–H and O–H groups in total. The predicted molar refractivity (Wildman–Crippen MR) is 82.1 cm³/mol. The standard InChI is InChI=1S/C16H22N2O5/c19-12-5-3-1-2-4-8-16(12,23)11-13(20)17-9-10-18-14(21)6-7-15(18)22/h3,5-7,12,19,23H,1-2,4,8-11H2,(H,17,20)/b5-3+. The van der Waals surface area contributed by atoms with Crippen molar-refractivity contribution in [2.75, 3.05) is 13.1 Å². The minimum absolute atomic E-state index is 0.0806. The molecule has 0 saturated carbocycles. The summed E-state index contributed by atoms with van der Waals surface area (Å²) in [5, 5.41) is 23.1. The van der Waals surface area contributed by atoms with Crippen LogP contribution in [0.3, 0.4) is 0 Å². The zero-order valence-electron chi connectivity index (χ0n) is 12.9. The largest absolute Gasteiger partial charge is 0.386 e. The zero-order valence-corrected chi connectivity index (χ0v) is 12.9. The van der Waals surface area contributed by atoms with Crippen LogP contribution in [0.2, 0.25) is 0 Å². The fourth-order valence-electron chi connectivity index (χ4n) is 2.74. The first-order valence-electron chi connectivity index (χ1n) is 7.80. The highest BCUT2D eigenvalue weighted by atomic mass is 16.3. The van der Waals surface area contributed by atoms with E-state index >= 15 is 0 Å². The van der Waals surface area contributed by atoms with Crippen LogP contribution in [0.1, 0.15) is 32.1 Å². The summed E-state index contributed by atoms with van der Waals surface area (Å²) in [5.74, 6) is -1.22. The number of carbonyl (C=O) groups excluding carboxylic acids is 3. The van der Waals surface area contributed by atoms with Gasteiger partial charge in [0.05, 0.1) is 6.42 Å². The molecule has 3 amide bonds. The second kappa shape index (κ2) is 7.52. The van der Waals surface area contributed by atoms with Crippen LogP contribution in [-0.2, 0) is 14.4 Å². The highest BCUT2D eigenvalue weighted by Gasteiger charge is 2.36. The molecule has 1 heterocycles. The number of hydrogen-bond donors (Lipinski definition) is 3. The quantitative estimate of drug-likeness (QED) is 0.473. The molecule has 0 spiro atoms. The Labute approximate surface area is 134 Å². The lowest BCUT2D eigenvalue weighted by atomic mass is 9.84. The number of aliphatic hydroxyl groups excluding tert-OH is 1. The maximum atomic E-state index is 12.0. The van der Waals surface area contributed by atoms with Gasteiger partial charge in [-0.25, -0.2) is 0 Å². The monoisotopic (exact) mass is 322 g/mol. The van der Waals surface area contributed by atoms with Gasteiger partial charge >= 0.3 is 0 Å². The van der Waals surface area contributed by atoms with Gasteiger partial charge in [0.2, 0.25) is 5.91 Å². The van der Waals surface area contributed by atoms with Gasteiger partial charge in [0.25, 0.3) is 11.8 Å². The summed E-state index contributed by atoms with van der Waals surface area (Å²) in [6.07, 6.45) is 7.23. The van der Waals surface area contributed by atoms with Gasteiger partial charge in [0, 0.05) is 25.2 Å². The lowest BCUT2D eigenvalue weighted by Crippen LogP contribution is -2.47. The molecule has 0 aromatic rings. The highest BCUT2D eigenvalue weighted by molar-refractivity contribution is 6.12. The Hall–Kier alpha value is -1.99. The number of nitrogens with one attached hydrogen (secondary N) is 1. The fraction of sp³-hybridized carbons (Fsp3) is 0.562. The SMILES string of the molecule is O=C(CC1(O)CCCC/C=C/C1O)NCCN1C(=O)C=CC1=O. The van der Waals surface area contributed by atoms with E-state index in [1.807, 2.05) is 6.08 Å². The number of carbonyl (C=O) groups is 3. The van der Waals surface area contributed by atoms with Crippen LogP contribution in [0.25, 0.3) is 0 Å². The van der Waals surface area contributed by atoms with E-state index in [-0.39, 0.29) is 19.5 Å². The smallest absolute Gasteiger partial charge is 0.253 e. The minimum atomic E-state index is -1.48. The van der Waals surface area contributed by atoms with Crippen molar-refractivity contribution >= 4 is 17.7 Å². The van der Waals surface area contributed by atoms with Crippen molar-refractivity contribution < 1.29 is 24.6 Å². The Morgan fingerprint density at radius 3 is 2.70 bits per heavy atom. The van der Waals surface area contributed by atoms with Gasteiger partial charge in [-0.05, 0) is 19.3 Å². The van der Waals surface area contributed by atoms with Gasteiger partial charge in [0.1, 0.15) is 11.7 Å². The summed E-state index contributed by atoms with van der Waals surface area (Å²) in [4.78, 5) is 35.8. The van der Waals surface area contributed by atoms with Crippen LogP contribution in [0.15, 0.2) is 24.3 Å². The fourth-order valence-corrected chi connectivity index (χ4v) is 2.74. The molecule has 126 valence electrons. The molecule has 2 atom stereocenters. The van der Waals surface area contributed by atoms with E-state index in [0.717, 1.165) is 24.2 Å². The molecule has 0 saturated heterocycles. The molecule has 2 unspecified atom stereocenters. The van der Waals surface area contributed by atoms with E-state index in [4.69, 9.17) is 0 Å². The highest BCUT2D eigenvalue weighted by Crippen LogP contribution is 2.26. The number of imide groups is 1. The number of rotatable bonds is 5. The van der Waals surface area contributed by atoms with Gasteiger partial charge in [0.15, 0.2) is 0 Å². The van der Waals surface area contributed by atoms with Crippen LogP contribution in [0, 0.1) is 0 Å². The summed E-state index contributed by atoms with van der Waals surface area (Å²) in [6, 6.07) is 0. The van der Waals surface area contributed by atoms with Crippen LogP contribution in [-0.4, -0.2) is 57.6 Å². The first-order valence-corrected chi connectivity index (χ1v) is 7.80. The molecule has 0 aromatic carbocycles. The maximum absolute atomic E-state index is 12.0. The third-order valence-corrected chi connectivity index (χ3v) is 4.12. The van der Waals surface area contributed by atoms with E-state index < -0.39 is 29.4 Å². The van der Waals surface area contributed by atoms with E-state index in [2.05, 4.69) is 5.32 Å². The molecule has 0 radical (unpaired) electrons. The van der Waals surface area contributed by atoms with Crippen LogP contribution < -0.4 is 5.32 Å². The summed E-state index contributed by atoms with van der Waals surface area (Å²) in [7, 11) is 0. The number of nitrogens with zero attached hydrogens (tertiary/aromatic N) is 1. The van der Waals surface area contributed by atoms with E-state index in [1.54, 1.807) is 0 Å². The normalized spacial score (nSPS) is 29.3. The van der Waals surface area contributed by atoms with Crippen molar-refractivity contribution in [2.24, 2.45) is 0 Å². The number of amides is 3. The Balaban J connectivity index is 1.81. The second-order valence-electron chi connectivity index (χ2n) is 5.91. The summed E-state index contributed by atoms with van der Waals surface area (Å²) in [5.41, 5.74) is -1.48. The van der Waals surface area contributed by atoms with Gasteiger partial charge in [-0.3, -0.25) is 19.3 Å². The Morgan fingerprint density at radius 1 is 1.30 bits per heavy atom. The predicted octanol–water partition coefficient (Wildman–Crippen LogP) is -0.360. The number of hydrogen-bond acceptors (Lipinski definition) is 5. The molecular weight excluding hydrogens is 300 g/mol. The average Bonchev–Trinajstić information content (AvgIpc) is 2.80. The zero-order chi connectivity index (χ0) is 16.9. The van der Waals surface area contributed by atoms with Crippen molar-refractivity contribution in [2.45, 2.75) is 43.8 Å². The molecule has 2 aliphatic rings. The molecule has 0 aromatic heterocycles. The summed E-state index contributed by atoms with van der Waals surface area (Å²) >= 11 is 0. The van der Waals surface area contributed by atoms with Crippen LogP contribution in [0.4, 0.5) is 0 Å². The summed E-state index contributed by atoms with van der Waals surface area (Å²) < 4.78 is 0. The molecule has 0 fully saturated rings. The van der Waals surface area contributed by atoms with Crippen molar-refractivity contribution in [3.8, 4) is 0 Å². The molecule has 0 bridgehead atoms. The molecule has 7 heteroatoms. The lowest BCUT2D eigenvalue weighted by molar-refractivity contribution is -0.138. The van der Waals surface area contributed by atoms with Crippen LogP contribution in [0.5, 0.6) is 0 Å². The third-order valence-electron chi connectivity index (χ3n) is 4.12. The first kappa shape index (κ1) is 17.4. The minimum Gasteiger partial charge on any atom is -0.386 e. The van der Waals surface area contributed by atoms with Crippen molar-refractivity contribution in [1.29, 1.82) is 0 Å². The molecule has 1 aliphatic carbocycles. The van der Waals surface area contributed by atoms with Crippen molar-refractivity contribution in [1.82, 2.24) is 10.2 Å². The molecule has 23 heavy (non-hydrogen) atoms. The molecule has 1 aliphatic heterocycles. The second-order valence-corrected chi connectivity index (χ2v) is 5.91. The number of aliphatic hydroxyl groups is 2. The number of allylic oxidation sites excluding steroid dienone is 1.